The molecule has 0 radical (unpaired) electrons. The minimum absolute atomic E-state index is 0. The molecule has 1 aromatic rings. The average Bonchev–Trinajstić information content (AvgIpc) is 2.26. The lowest BCUT2D eigenvalue weighted by Gasteiger charge is -2.32. The molecular weight excluding hydrogens is 291 g/mol. The highest BCUT2D eigenvalue weighted by atomic mass is 35.5. The zero-order valence-corrected chi connectivity index (χ0v) is 10.4. The number of cyclic esters (lactones) is 1. The Morgan fingerprint density at radius 3 is 2.83 bits per heavy atom. The summed E-state index contributed by atoms with van der Waals surface area (Å²) < 4.78 is 31.3. The first-order chi connectivity index (χ1) is 7.90. The number of benzene rings is 1. The molecule has 0 bridgehead atoms. The molecule has 1 aromatic carbocycles. The molecule has 4 nitrogen and oxygen atoms in total. The summed E-state index contributed by atoms with van der Waals surface area (Å²) in [6.07, 6.45) is -0.958. The third kappa shape index (κ3) is 2.76. The maximum atomic E-state index is 13.5. The molecule has 8 heteroatoms. The van der Waals surface area contributed by atoms with E-state index in [-0.39, 0.29) is 28.7 Å². The molecule has 18 heavy (non-hydrogen) atoms. The molecule has 1 atom stereocenters. The standard InChI is InChI=1S/C10H8ClF2NO3.ClH/c11-5-1-2-7(15)6(3-5)8-10(12,13)4-17-9(16)14-8;/h1-3,8,15H,4H2,(H,14,16);1H/t8-;/m0./s1. The van der Waals surface area contributed by atoms with E-state index >= 15 is 0 Å². The van der Waals surface area contributed by atoms with Crippen LogP contribution in [0.4, 0.5) is 13.6 Å². The number of hydrogen-bond donors (Lipinski definition) is 2. The smallest absolute Gasteiger partial charge is 0.408 e. The molecule has 0 aliphatic carbocycles. The van der Waals surface area contributed by atoms with Crippen LogP contribution in [0.5, 0.6) is 5.75 Å². The number of carbonyl (C=O) groups is 1. The van der Waals surface area contributed by atoms with Crippen molar-refractivity contribution in [3.8, 4) is 5.75 Å². The Kier molecular flexibility index (Phi) is 4.24. The molecule has 1 fully saturated rings. The lowest BCUT2D eigenvalue weighted by Crippen LogP contribution is -2.49. The molecule has 1 heterocycles. The van der Waals surface area contributed by atoms with Gasteiger partial charge in [-0.05, 0) is 18.2 Å². The number of ether oxygens (including phenoxy) is 1. The van der Waals surface area contributed by atoms with E-state index < -0.39 is 24.7 Å². The Balaban J connectivity index is 0.00000162. The number of phenolic OH excluding ortho intramolecular Hbond substituents is 1. The Morgan fingerprint density at radius 1 is 1.50 bits per heavy atom. The van der Waals surface area contributed by atoms with Crippen molar-refractivity contribution in [2.24, 2.45) is 0 Å². The number of amides is 1. The van der Waals surface area contributed by atoms with Crippen molar-refractivity contribution in [1.29, 1.82) is 0 Å². The van der Waals surface area contributed by atoms with Gasteiger partial charge in [0, 0.05) is 10.6 Å². The van der Waals surface area contributed by atoms with Crippen LogP contribution in [0.1, 0.15) is 11.6 Å². The summed E-state index contributed by atoms with van der Waals surface area (Å²) in [6, 6.07) is 2.08. The van der Waals surface area contributed by atoms with Crippen LogP contribution >= 0.6 is 24.0 Å². The van der Waals surface area contributed by atoms with Crippen LogP contribution in [0.15, 0.2) is 18.2 Å². The summed E-state index contributed by atoms with van der Waals surface area (Å²) in [7, 11) is 0. The summed E-state index contributed by atoms with van der Waals surface area (Å²) in [6.45, 7) is -1.03. The van der Waals surface area contributed by atoms with Crippen molar-refractivity contribution in [1.82, 2.24) is 5.32 Å². The van der Waals surface area contributed by atoms with Gasteiger partial charge in [0.2, 0.25) is 0 Å². The Hall–Kier alpha value is -1.27. The number of hydrogen-bond acceptors (Lipinski definition) is 3. The number of nitrogens with one attached hydrogen (secondary N) is 1. The van der Waals surface area contributed by atoms with Gasteiger partial charge in [0.05, 0.1) is 0 Å². The van der Waals surface area contributed by atoms with Gasteiger partial charge in [-0.25, -0.2) is 13.6 Å². The predicted molar refractivity (Wildman–Crippen MR) is 62.5 cm³/mol. The zero-order chi connectivity index (χ0) is 12.6. The number of phenols is 1. The Bertz CT molecular complexity index is 470. The highest BCUT2D eigenvalue weighted by Gasteiger charge is 2.47. The van der Waals surface area contributed by atoms with Gasteiger partial charge in [0.25, 0.3) is 0 Å². The first kappa shape index (κ1) is 14.8. The first-order valence-electron chi connectivity index (χ1n) is 4.70. The third-order valence-corrected chi connectivity index (χ3v) is 2.62. The number of aromatic hydroxyl groups is 1. The van der Waals surface area contributed by atoms with Crippen molar-refractivity contribution in [2.75, 3.05) is 6.61 Å². The molecule has 1 saturated heterocycles. The summed E-state index contributed by atoms with van der Waals surface area (Å²) in [4.78, 5) is 10.9. The fourth-order valence-corrected chi connectivity index (χ4v) is 1.75. The second-order valence-electron chi connectivity index (χ2n) is 3.62. The quantitative estimate of drug-likeness (QED) is 0.838. The molecule has 0 saturated carbocycles. The van der Waals surface area contributed by atoms with E-state index in [1.807, 2.05) is 5.32 Å². The maximum Gasteiger partial charge on any atom is 0.408 e. The van der Waals surface area contributed by atoms with Crippen LogP contribution < -0.4 is 5.32 Å². The monoisotopic (exact) mass is 299 g/mol. The van der Waals surface area contributed by atoms with E-state index in [1.165, 1.54) is 18.2 Å². The van der Waals surface area contributed by atoms with Gasteiger partial charge in [-0.15, -0.1) is 12.4 Å². The van der Waals surface area contributed by atoms with Gasteiger partial charge < -0.3 is 15.2 Å². The maximum absolute atomic E-state index is 13.5. The van der Waals surface area contributed by atoms with E-state index in [2.05, 4.69) is 4.74 Å². The largest absolute Gasteiger partial charge is 0.508 e. The van der Waals surface area contributed by atoms with Crippen LogP contribution in [0.25, 0.3) is 0 Å². The summed E-state index contributed by atoms with van der Waals surface area (Å²) >= 11 is 5.67. The molecule has 100 valence electrons. The van der Waals surface area contributed by atoms with E-state index in [1.54, 1.807) is 0 Å². The lowest BCUT2D eigenvalue weighted by atomic mass is 9.99. The van der Waals surface area contributed by atoms with Crippen LogP contribution in [0.2, 0.25) is 5.02 Å². The SMILES string of the molecule is Cl.O=C1N[C@@H](c2cc(Cl)ccc2O)C(F)(F)CO1. The number of rotatable bonds is 1. The molecule has 0 spiro atoms. The van der Waals surface area contributed by atoms with Gasteiger partial charge in [0.15, 0.2) is 6.61 Å². The van der Waals surface area contributed by atoms with E-state index in [0.717, 1.165) is 0 Å². The van der Waals surface area contributed by atoms with Crippen molar-refractivity contribution >= 4 is 30.1 Å². The van der Waals surface area contributed by atoms with E-state index in [9.17, 15) is 18.7 Å². The Labute approximate surface area is 112 Å². The molecule has 1 amide bonds. The molecule has 2 N–H and O–H groups in total. The summed E-state index contributed by atoms with van der Waals surface area (Å²) in [5, 5.41) is 11.7. The van der Waals surface area contributed by atoms with Crippen molar-refractivity contribution < 1.29 is 23.4 Å². The van der Waals surface area contributed by atoms with Gasteiger partial charge in [-0.2, -0.15) is 0 Å². The zero-order valence-electron chi connectivity index (χ0n) is 8.82. The molecule has 1 aliphatic rings. The predicted octanol–water partition coefficient (Wildman–Crippen LogP) is 2.88. The van der Waals surface area contributed by atoms with Crippen molar-refractivity contribution in [2.45, 2.75) is 12.0 Å². The second kappa shape index (κ2) is 5.16. The van der Waals surface area contributed by atoms with Crippen LogP contribution in [0.3, 0.4) is 0 Å². The molecule has 2 rings (SSSR count). The number of carbonyl (C=O) groups excluding carboxylic acids is 1. The van der Waals surface area contributed by atoms with Gasteiger partial charge >= 0.3 is 12.0 Å². The highest BCUT2D eigenvalue weighted by molar-refractivity contribution is 6.30. The minimum atomic E-state index is -3.31. The fourth-order valence-electron chi connectivity index (χ4n) is 1.57. The second-order valence-corrected chi connectivity index (χ2v) is 4.05. The normalized spacial score (nSPS) is 21.5. The summed E-state index contributed by atoms with van der Waals surface area (Å²) in [5.74, 6) is -3.67. The van der Waals surface area contributed by atoms with Crippen molar-refractivity contribution in [3.63, 3.8) is 0 Å². The van der Waals surface area contributed by atoms with Gasteiger partial charge in [-0.1, -0.05) is 11.6 Å². The topological polar surface area (TPSA) is 58.6 Å². The lowest BCUT2D eigenvalue weighted by molar-refractivity contribution is -0.104. The number of alkyl carbamates (subject to hydrolysis) is 1. The number of alkyl halides is 2. The van der Waals surface area contributed by atoms with Gasteiger partial charge in [-0.3, -0.25) is 0 Å². The Morgan fingerprint density at radius 2 is 2.17 bits per heavy atom. The average molecular weight is 300 g/mol. The van der Waals surface area contributed by atoms with Crippen molar-refractivity contribution in [3.05, 3.63) is 28.8 Å². The first-order valence-corrected chi connectivity index (χ1v) is 5.07. The summed E-state index contributed by atoms with van der Waals surface area (Å²) in [5.41, 5.74) is -0.140. The van der Waals surface area contributed by atoms with Crippen LogP contribution in [0, 0.1) is 0 Å². The molecule has 1 aliphatic heterocycles. The molecule has 0 unspecified atom stereocenters. The third-order valence-electron chi connectivity index (χ3n) is 2.38. The highest BCUT2D eigenvalue weighted by Crippen LogP contribution is 2.39. The number of halogens is 4. The molecule has 0 aromatic heterocycles. The fraction of sp³-hybridized carbons (Fsp3) is 0.300. The van der Waals surface area contributed by atoms with Crippen LogP contribution in [-0.2, 0) is 4.74 Å². The molecular formula is C10H9Cl2F2NO3. The van der Waals surface area contributed by atoms with Gasteiger partial charge in [0.1, 0.15) is 11.8 Å². The minimum Gasteiger partial charge on any atom is -0.508 e. The van der Waals surface area contributed by atoms with E-state index in [4.69, 9.17) is 11.6 Å². The van der Waals surface area contributed by atoms with Crippen LogP contribution in [-0.4, -0.2) is 23.7 Å². The van der Waals surface area contributed by atoms with E-state index in [0.29, 0.717) is 0 Å².